The van der Waals surface area contributed by atoms with Crippen molar-refractivity contribution >= 4 is 40.9 Å². The largest absolute Gasteiger partial charge is 0.369 e. The molecule has 1 saturated carbocycles. The number of hydrogen-bond donors (Lipinski definition) is 2. The number of halogens is 2. The highest BCUT2D eigenvalue weighted by Gasteiger charge is 2.22. The molecule has 1 fully saturated rings. The van der Waals surface area contributed by atoms with E-state index in [1.165, 1.54) is 25.0 Å². The van der Waals surface area contributed by atoms with E-state index in [-0.39, 0.29) is 24.1 Å². The van der Waals surface area contributed by atoms with Crippen molar-refractivity contribution in [1.29, 1.82) is 0 Å². The Morgan fingerprint density at radius 1 is 1.24 bits per heavy atom. The van der Waals surface area contributed by atoms with Gasteiger partial charge in [-0.3, -0.25) is 4.79 Å². The second-order valence-electron chi connectivity index (χ2n) is 7.13. The molecule has 152 valence electrons. The average Bonchev–Trinajstić information content (AvgIpc) is 3.32. The van der Waals surface area contributed by atoms with Crippen LogP contribution in [-0.4, -0.2) is 22.5 Å². The molecule has 0 radical (unpaired) electrons. The zero-order valence-corrected chi connectivity index (χ0v) is 17.0. The SMILES string of the molecule is CNC(=O)/C=C(/c1ccc2nc(N)n(C3CCCC3)c2c1)c1ccccc1F.Cl. The molecule has 0 saturated heterocycles. The first kappa shape index (κ1) is 20.9. The Morgan fingerprint density at radius 3 is 2.66 bits per heavy atom. The van der Waals surface area contributed by atoms with Gasteiger partial charge in [0.1, 0.15) is 5.82 Å². The van der Waals surface area contributed by atoms with Gasteiger partial charge in [-0.2, -0.15) is 0 Å². The van der Waals surface area contributed by atoms with Gasteiger partial charge >= 0.3 is 0 Å². The molecule has 3 aromatic rings. The van der Waals surface area contributed by atoms with E-state index < -0.39 is 0 Å². The summed E-state index contributed by atoms with van der Waals surface area (Å²) in [6, 6.07) is 12.5. The quantitative estimate of drug-likeness (QED) is 0.618. The molecule has 29 heavy (non-hydrogen) atoms. The summed E-state index contributed by atoms with van der Waals surface area (Å²) < 4.78 is 16.6. The number of amides is 1. The summed E-state index contributed by atoms with van der Waals surface area (Å²) in [4.78, 5) is 16.6. The number of nitrogens with two attached hydrogens (primary N) is 1. The molecule has 0 atom stereocenters. The standard InChI is InChI=1S/C22H23FN4O.ClH/c1-25-21(28)13-17(16-8-4-5-9-18(16)23)14-10-11-19-20(12-14)27(22(24)26-19)15-6-2-3-7-15;/h4-5,8-13,15H,2-3,6-7H2,1H3,(H2,24,26)(H,25,28);1H/b17-13-;. The number of fused-ring (bicyclic) bond motifs is 1. The number of nitrogen functional groups attached to an aromatic ring is 1. The van der Waals surface area contributed by atoms with Gasteiger partial charge in [0, 0.05) is 24.7 Å². The molecule has 1 amide bonds. The third-order valence-electron chi connectivity index (χ3n) is 5.40. The van der Waals surface area contributed by atoms with Crippen molar-refractivity contribution in [3.05, 3.63) is 65.5 Å². The minimum atomic E-state index is -0.374. The van der Waals surface area contributed by atoms with Crippen molar-refractivity contribution in [2.45, 2.75) is 31.7 Å². The Morgan fingerprint density at radius 2 is 1.97 bits per heavy atom. The monoisotopic (exact) mass is 414 g/mol. The first-order valence-corrected chi connectivity index (χ1v) is 9.54. The fourth-order valence-corrected chi connectivity index (χ4v) is 4.02. The van der Waals surface area contributed by atoms with Gasteiger partial charge in [-0.05, 0) is 42.2 Å². The molecule has 1 aliphatic carbocycles. The second kappa shape index (κ2) is 8.66. The van der Waals surface area contributed by atoms with Crippen LogP contribution < -0.4 is 11.1 Å². The molecule has 7 heteroatoms. The molecule has 0 spiro atoms. The van der Waals surface area contributed by atoms with E-state index in [1.807, 2.05) is 18.2 Å². The van der Waals surface area contributed by atoms with Crippen LogP contribution in [0.2, 0.25) is 0 Å². The van der Waals surface area contributed by atoms with Gasteiger partial charge in [-0.15, -0.1) is 12.4 Å². The van der Waals surface area contributed by atoms with Gasteiger partial charge in [0.25, 0.3) is 0 Å². The van der Waals surface area contributed by atoms with Crippen molar-refractivity contribution in [3.8, 4) is 0 Å². The molecular formula is C22H24ClFN4O. The van der Waals surface area contributed by atoms with E-state index in [0.717, 1.165) is 29.4 Å². The molecule has 0 unspecified atom stereocenters. The lowest BCUT2D eigenvalue weighted by Gasteiger charge is -2.15. The molecular weight excluding hydrogens is 391 g/mol. The number of anilines is 1. The number of imidazole rings is 1. The molecule has 1 aromatic heterocycles. The predicted molar refractivity (Wildman–Crippen MR) is 116 cm³/mol. The highest BCUT2D eigenvalue weighted by Crippen LogP contribution is 2.36. The minimum Gasteiger partial charge on any atom is -0.369 e. The van der Waals surface area contributed by atoms with Crippen LogP contribution in [0.1, 0.15) is 42.9 Å². The van der Waals surface area contributed by atoms with Crippen molar-refractivity contribution in [2.24, 2.45) is 0 Å². The highest BCUT2D eigenvalue weighted by molar-refractivity contribution is 6.00. The zero-order chi connectivity index (χ0) is 19.7. The average molecular weight is 415 g/mol. The smallest absolute Gasteiger partial charge is 0.244 e. The third-order valence-corrected chi connectivity index (χ3v) is 5.40. The van der Waals surface area contributed by atoms with Gasteiger partial charge in [-0.1, -0.05) is 37.1 Å². The topological polar surface area (TPSA) is 72.9 Å². The summed E-state index contributed by atoms with van der Waals surface area (Å²) >= 11 is 0. The van der Waals surface area contributed by atoms with Crippen LogP contribution in [0.15, 0.2) is 48.5 Å². The van der Waals surface area contributed by atoms with Crippen LogP contribution in [0.25, 0.3) is 16.6 Å². The van der Waals surface area contributed by atoms with E-state index in [0.29, 0.717) is 23.1 Å². The van der Waals surface area contributed by atoms with Crippen molar-refractivity contribution in [1.82, 2.24) is 14.9 Å². The van der Waals surface area contributed by atoms with E-state index in [9.17, 15) is 9.18 Å². The highest BCUT2D eigenvalue weighted by atomic mass is 35.5. The number of hydrogen-bond acceptors (Lipinski definition) is 3. The molecule has 2 aromatic carbocycles. The number of carbonyl (C=O) groups is 1. The molecule has 3 N–H and O–H groups in total. The van der Waals surface area contributed by atoms with Crippen LogP contribution in [0.5, 0.6) is 0 Å². The lowest BCUT2D eigenvalue weighted by Crippen LogP contribution is -2.15. The maximum atomic E-state index is 14.5. The van der Waals surface area contributed by atoms with Crippen LogP contribution in [0.4, 0.5) is 10.3 Å². The first-order valence-electron chi connectivity index (χ1n) is 9.54. The summed E-state index contributed by atoms with van der Waals surface area (Å²) in [5.74, 6) is -0.162. The molecule has 5 nitrogen and oxygen atoms in total. The van der Waals surface area contributed by atoms with Crippen molar-refractivity contribution in [2.75, 3.05) is 12.8 Å². The van der Waals surface area contributed by atoms with Crippen LogP contribution in [-0.2, 0) is 4.79 Å². The molecule has 1 heterocycles. The van der Waals surface area contributed by atoms with Gasteiger partial charge in [-0.25, -0.2) is 9.37 Å². The van der Waals surface area contributed by atoms with Crippen molar-refractivity contribution < 1.29 is 9.18 Å². The third kappa shape index (κ3) is 3.98. The Balaban J connectivity index is 0.00000240. The van der Waals surface area contributed by atoms with Gasteiger partial charge in [0.15, 0.2) is 0 Å². The van der Waals surface area contributed by atoms with E-state index in [4.69, 9.17) is 5.73 Å². The Bertz CT molecular complexity index is 1070. The summed E-state index contributed by atoms with van der Waals surface area (Å²) in [7, 11) is 1.55. The van der Waals surface area contributed by atoms with Gasteiger partial charge in [0.05, 0.1) is 11.0 Å². The lowest BCUT2D eigenvalue weighted by molar-refractivity contribution is -0.116. The summed E-state index contributed by atoms with van der Waals surface area (Å²) in [6.07, 6.45) is 5.95. The van der Waals surface area contributed by atoms with Gasteiger partial charge < -0.3 is 15.6 Å². The Kier molecular flexibility index (Phi) is 6.23. The second-order valence-corrected chi connectivity index (χ2v) is 7.13. The number of nitrogens with zero attached hydrogens (tertiary/aromatic N) is 2. The number of rotatable bonds is 4. The maximum absolute atomic E-state index is 14.5. The van der Waals surface area contributed by atoms with Crippen LogP contribution in [0, 0.1) is 5.82 Å². The fourth-order valence-electron chi connectivity index (χ4n) is 4.02. The molecule has 0 bridgehead atoms. The van der Waals surface area contributed by atoms with E-state index in [1.54, 1.807) is 25.2 Å². The number of carbonyl (C=O) groups excluding carboxylic acids is 1. The fraction of sp³-hybridized carbons (Fsp3) is 0.273. The first-order chi connectivity index (χ1) is 13.6. The van der Waals surface area contributed by atoms with E-state index >= 15 is 0 Å². The summed E-state index contributed by atoms with van der Waals surface area (Å²) in [6.45, 7) is 0. The van der Waals surface area contributed by atoms with Crippen LogP contribution >= 0.6 is 12.4 Å². The van der Waals surface area contributed by atoms with Gasteiger partial charge in [0.2, 0.25) is 11.9 Å². The maximum Gasteiger partial charge on any atom is 0.244 e. The Labute approximate surface area is 175 Å². The van der Waals surface area contributed by atoms with Crippen LogP contribution in [0.3, 0.4) is 0 Å². The zero-order valence-electron chi connectivity index (χ0n) is 16.2. The number of nitrogens with one attached hydrogen (secondary N) is 1. The number of aromatic nitrogens is 2. The molecule has 4 rings (SSSR count). The normalized spacial score (nSPS) is 14.8. The molecule has 1 aliphatic rings. The predicted octanol–water partition coefficient (Wildman–Crippen LogP) is 4.47. The molecule has 0 aliphatic heterocycles. The number of likely N-dealkylation sites (N-methyl/N-ethyl adjacent to an activating group) is 1. The van der Waals surface area contributed by atoms with Crippen molar-refractivity contribution in [3.63, 3.8) is 0 Å². The van der Waals surface area contributed by atoms with E-state index in [2.05, 4.69) is 14.9 Å². The lowest BCUT2D eigenvalue weighted by atomic mass is 9.96. The number of benzene rings is 2. The summed E-state index contributed by atoms with van der Waals surface area (Å²) in [5.41, 5.74) is 9.59. The minimum absolute atomic E-state index is 0. The summed E-state index contributed by atoms with van der Waals surface area (Å²) in [5, 5.41) is 2.58. The Hall–Kier alpha value is -2.86.